The van der Waals surface area contributed by atoms with Gasteiger partial charge in [0.25, 0.3) is 0 Å². The number of thiophene rings is 1. The Morgan fingerprint density at radius 1 is 1.31 bits per heavy atom. The molecule has 1 aliphatic carbocycles. The molecule has 1 fully saturated rings. The Kier molecular flexibility index (Phi) is 5.94. The van der Waals surface area contributed by atoms with Gasteiger partial charge in [0.05, 0.1) is 11.1 Å². The van der Waals surface area contributed by atoms with E-state index in [0.29, 0.717) is 29.8 Å². The first-order valence-electron chi connectivity index (χ1n) is 9.92. The molecule has 3 aromatic rings. The van der Waals surface area contributed by atoms with Crippen molar-refractivity contribution in [3.8, 4) is 5.75 Å². The summed E-state index contributed by atoms with van der Waals surface area (Å²) in [5, 5.41) is 7.61. The third kappa shape index (κ3) is 4.19. The second-order valence-corrected chi connectivity index (χ2v) is 8.50. The molecule has 0 spiro atoms. The number of fused-ring (bicyclic) bond motifs is 1. The van der Waals surface area contributed by atoms with Crippen LogP contribution in [-0.2, 0) is 6.54 Å². The maximum atomic E-state index is 14.0. The predicted octanol–water partition coefficient (Wildman–Crippen LogP) is 4.25. The molecule has 0 aliphatic heterocycles. The molecular weight excluding hydrogens is 389 g/mol. The molecule has 2 aromatic heterocycles. The zero-order chi connectivity index (χ0) is 20.4. The topological polar surface area (TPSA) is 85.1 Å². The third-order valence-electron chi connectivity index (χ3n) is 5.54. The SMILES string of the molecule is CNC1CCCC(Oc2cc(F)ccc2Nc2ncnc3sc(CN)c(C)c23)C1. The van der Waals surface area contributed by atoms with Crippen LogP contribution in [0.1, 0.15) is 36.1 Å². The lowest BCUT2D eigenvalue weighted by atomic mass is 9.93. The van der Waals surface area contributed by atoms with Gasteiger partial charge in [0, 0.05) is 23.5 Å². The number of anilines is 2. The van der Waals surface area contributed by atoms with Gasteiger partial charge < -0.3 is 21.1 Å². The number of nitrogens with two attached hydrogens (primary N) is 1. The van der Waals surface area contributed by atoms with Crippen LogP contribution in [0.15, 0.2) is 24.5 Å². The number of halogens is 1. The average Bonchev–Trinajstić information content (AvgIpc) is 3.07. The van der Waals surface area contributed by atoms with E-state index in [1.807, 2.05) is 14.0 Å². The monoisotopic (exact) mass is 415 g/mol. The molecule has 1 aromatic carbocycles. The number of aryl methyl sites for hydroxylation is 1. The Hall–Kier alpha value is -2.29. The molecule has 4 rings (SSSR count). The van der Waals surface area contributed by atoms with Gasteiger partial charge in [-0.15, -0.1) is 11.3 Å². The van der Waals surface area contributed by atoms with Crippen molar-refractivity contribution in [1.29, 1.82) is 0 Å². The Labute approximate surface area is 173 Å². The summed E-state index contributed by atoms with van der Waals surface area (Å²) in [5.41, 5.74) is 7.63. The van der Waals surface area contributed by atoms with E-state index in [1.165, 1.54) is 18.5 Å². The molecule has 0 saturated heterocycles. The van der Waals surface area contributed by atoms with E-state index in [9.17, 15) is 4.39 Å². The van der Waals surface area contributed by atoms with E-state index in [-0.39, 0.29) is 11.9 Å². The van der Waals surface area contributed by atoms with Gasteiger partial charge in [-0.1, -0.05) is 0 Å². The second-order valence-electron chi connectivity index (χ2n) is 7.41. The van der Waals surface area contributed by atoms with Crippen molar-refractivity contribution in [2.75, 3.05) is 12.4 Å². The smallest absolute Gasteiger partial charge is 0.146 e. The van der Waals surface area contributed by atoms with Crippen molar-refractivity contribution in [2.24, 2.45) is 5.73 Å². The minimum Gasteiger partial charge on any atom is -0.488 e. The lowest BCUT2D eigenvalue weighted by Gasteiger charge is -2.30. The van der Waals surface area contributed by atoms with E-state index in [1.54, 1.807) is 17.4 Å². The molecule has 2 unspecified atom stereocenters. The Balaban J connectivity index is 1.64. The van der Waals surface area contributed by atoms with Gasteiger partial charge >= 0.3 is 0 Å². The van der Waals surface area contributed by atoms with Crippen molar-refractivity contribution in [3.63, 3.8) is 0 Å². The number of hydrogen-bond donors (Lipinski definition) is 3. The number of aromatic nitrogens is 2. The first-order chi connectivity index (χ1) is 14.1. The fourth-order valence-corrected chi connectivity index (χ4v) is 4.95. The van der Waals surface area contributed by atoms with Crippen LogP contribution in [0.4, 0.5) is 15.9 Å². The van der Waals surface area contributed by atoms with Gasteiger partial charge in [-0.3, -0.25) is 0 Å². The van der Waals surface area contributed by atoms with Crippen LogP contribution in [0.25, 0.3) is 10.2 Å². The van der Waals surface area contributed by atoms with Crippen LogP contribution in [-0.4, -0.2) is 29.2 Å². The molecule has 6 nitrogen and oxygen atoms in total. The maximum absolute atomic E-state index is 14.0. The Bertz CT molecular complexity index is 1010. The summed E-state index contributed by atoms with van der Waals surface area (Å²) in [6.07, 6.45) is 5.70. The van der Waals surface area contributed by atoms with Crippen LogP contribution >= 0.6 is 11.3 Å². The number of nitrogens with one attached hydrogen (secondary N) is 2. The average molecular weight is 416 g/mol. The molecule has 1 aliphatic rings. The third-order valence-corrected chi connectivity index (χ3v) is 6.76. The van der Waals surface area contributed by atoms with Gasteiger partial charge in [0.15, 0.2) is 0 Å². The summed E-state index contributed by atoms with van der Waals surface area (Å²) in [6, 6.07) is 5.00. The van der Waals surface area contributed by atoms with E-state index in [2.05, 4.69) is 20.6 Å². The highest BCUT2D eigenvalue weighted by Gasteiger charge is 2.23. The summed E-state index contributed by atoms with van der Waals surface area (Å²) in [6.45, 7) is 2.49. The van der Waals surface area contributed by atoms with Crippen LogP contribution in [0.5, 0.6) is 5.75 Å². The molecule has 29 heavy (non-hydrogen) atoms. The maximum Gasteiger partial charge on any atom is 0.146 e. The van der Waals surface area contributed by atoms with Crippen LogP contribution in [0, 0.1) is 12.7 Å². The second kappa shape index (κ2) is 8.61. The van der Waals surface area contributed by atoms with Crippen LogP contribution in [0.2, 0.25) is 0 Å². The lowest BCUT2D eigenvalue weighted by molar-refractivity contribution is 0.137. The summed E-state index contributed by atoms with van der Waals surface area (Å²) in [4.78, 5) is 10.8. The first-order valence-corrected chi connectivity index (χ1v) is 10.7. The zero-order valence-electron chi connectivity index (χ0n) is 16.7. The highest BCUT2D eigenvalue weighted by molar-refractivity contribution is 7.18. The van der Waals surface area contributed by atoms with Gasteiger partial charge in [-0.25, -0.2) is 14.4 Å². The molecule has 154 valence electrons. The number of hydrogen-bond acceptors (Lipinski definition) is 7. The quantitative estimate of drug-likeness (QED) is 0.558. The molecule has 2 atom stereocenters. The van der Waals surface area contributed by atoms with E-state index in [0.717, 1.165) is 46.3 Å². The largest absolute Gasteiger partial charge is 0.488 e. The number of nitrogens with zero attached hydrogens (tertiary/aromatic N) is 2. The molecule has 0 amide bonds. The summed E-state index contributed by atoms with van der Waals surface area (Å²) >= 11 is 1.57. The molecule has 1 saturated carbocycles. The zero-order valence-corrected chi connectivity index (χ0v) is 17.5. The molecule has 0 radical (unpaired) electrons. The summed E-state index contributed by atoms with van der Waals surface area (Å²) in [5.74, 6) is 0.860. The van der Waals surface area contributed by atoms with Gasteiger partial charge in [-0.05, 0) is 57.4 Å². The number of ether oxygens (including phenoxy) is 1. The number of rotatable bonds is 6. The first kappa shape index (κ1) is 20.0. The standard InChI is InChI=1S/C21H26FN5OS/c1-12-18(10-23)29-21-19(12)20(25-11-26-21)27-16-7-6-13(22)8-17(16)28-15-5-3-4-14(9-15)24-2/h6-8,11,14-15,24H,3-5,9-10,23H2,1-2H3,(H,25,26,27). The highest BCUT2D eigenvalue weighted by Crippen LogP contribution is 2.37. The van der Waals surface area contributed by atoms with Crippen LogP contribution in [0.3, 0.4) is 0 Å². The van der Waals surface area contributed by atoms with E-state index < -0.39 is 0 Å². The van der Waals surface area contributed by atoms with E-state index in [4.69, 9.17) is 10.5 Å². The van der Waals surface area contributed by atoms with Crippen molar-refractivity contribution < 1.29 is 9.13 Å². The van der Waals surface area contributed by atoms with E-state index >= 15 is 0 Å². The van der Waals surface area contributed by atoms with Crippen LogP contribution < -0.4 is 21.1 Å². The van der Waals surface area contributed by atoms with Gasteiger partial charge in [-0.2, -0.15) is 0 Å². The minimum absolute atomic E-state index is 0.0562. The molecular formula is C21H26FN5OS. The van der Waals surface area contributed by atoms with Gasteiger partial charge in [0.1, 0.15) is 34.6 Å². The molecule has 4 N–H and O–H groups in total. The van der Waals surface area contributed by atoms with Gasteiger partial charge in [0.2, 0.25) is 0 Å². The normalized spacial score (nSPS) is 19.4. The fraction of sp³-hybridized carbons (Fsp3) is 0.429. The lowest BCUT2D eigenvalue weighted by Crippen LogP contribution is -2.36. The summed E-state index contributed by atoms with van der Waals surface area (Å²) < 4.78 is 20.2. The number of benzene rings is 1. The molecule has 2 heterocycles. The Morgan fingerprint density at radius 3 is 2.97 bits per heavy atom. The predicted molar refractivity (Wildman–Crippen MR) is 115 cm³/mol. The van der Waals surface area contributed by atoms with Crippen molar-refractivity contribution in [2.45, 2.75) is 51.3 Å². The van der Waals surface area contributed by atoms with Crippen molar-refractivity contribution in [1.82, 2.24) is 15.3 Å². The molecule has 8 heteroatoms. The summed E-state index contributed by atoms with van der Waals surface area (Å²) in [7, 11) is 1.97. The van der Waals surface area contributed by atoms with Crippen molar-refractivity contribution >= 4 is 33.1 Å². The Morgan fingerprint density at radius 2 is 2.17 bits per heavy atom. The molecule has 0 bridgehead atoms. The van der Waals surface area contributed by atoms with Crippen molar-refractivity contribution in [3.05, 3.63) is 40.8 Å². The highest BCUT2D eigenvalue weighted by atomic mass is 32.1. The fourth-order valence-electron chi connectivity index (χ4n) is 3.93. The minimum atomic E-state index is -0.323.